The number of nitrogens with two attached hydrogens (primary N) is 1. The Kier molecular flexibility index (Phi) is 8.82. The number of nitrogen functional groups attached to an aromatic ring is 1. The Hall–Kier alpha value is -5.21. The number of ether oxygens (including phenoxy) is 5. The van der Waals surface area contributed by atoms with Crippen LogP contribution in [0.3, 0.4) is 0 Å². The van der Waals surface area contributed by atoms with Crippen molar-refractivity contribution in [2.75, 3.05) is 32.7 Å². The van der Waals surface area contributed by atoms with Crippen LogP contribution in [0.4, 0.5) is 23.2 Å². The van der Waals surface area contributed by atoms with Crippen LogP contribution in [-0.2, 0) is 16.1 Å². The van der Waals surface area contributed by atoms with Crippen LogP contribution in [-0.4, -0.2) is 53.0 Å². The summed E-state index contributed by atoms with van der Waals surface area (Å²) in [5.41, 5.74) is 9.78. The van der Waals surface area contributed by atoms with E-state index in [1.165, 1.54) is 12.3 Å². The highest BCUT2D eigenvalue weighted by Crippen LogP contribution is 2.45. The molecular formula is C35H31F4N5O5. The van der Waals surface area contributed by atoms with E-state index >= 15 is 4.39 Å². The van der Waals surface area contributed by atoms with Crippen LogP contribution < -0.4 is 19.9 Å². The molecule has 0 spiro atoms. The molecule has 4 heterocycles. The highest BCUT2D eigenvalue weighted by Gasteiger charge is 2.29. The van der Waals surface area contributed by atoms with Crippen molar-refractivity contribution in [3.8, 4) is 28.5 Å². The van der Waals surface area contributed by atoms with E-state index in [0.29, 0.717) is 50.7 Å². The Morgan fingerprint density at radius 3 is 2.55 bits per heavy atom. The van der Waals surface area contributed by atoms with Gasteiger partial charge in [-0.2, -0.15) is 5.10 Å². The minimum Gasteiger partial charge on any atom is -0.497 e. The molecule has 14 heteroatoms. The van der Waals surface area contributed by atoms with Gasteiger partial charge in [-0.25, -0.2) is 14.1 Å². The molecular weight excluding hydrogens is 646 g/mol. The number of fused-ring (bicyclic) bond motifs is 4. The second kappa shape index (κ2) is 13.4. The summed E-state index contributed by atoms with van der Waals surface area (Å²) >= 11 is 0. The van der Waals surface area contributed by atoms with Crippen molar-refractivity contribution in [3.05, 3.63) is 78.4 Å². The van der Waals surface area contributed by atoms with Gasteiger partial charge in [-0.05, 0) is 66.8 Å². The maximum atomic E-state index is 15.3. The average Bonchev–Trinajstić information content (AvgIpc) is 3.57. The summed E-state index contributed by atoms with van der Waals surface area (Å²) in [5, 5.41) is 6.05. The zero-order valence-electron chi connectivity index (χ0n) is 26.3. The van der Waals surface area contributed by atoms with Crippen molar-refractivity contribution < 1.29 is 41.2 Å². The van der Waals surface area contributed by atoms with Gasteiger partial charge in [0.1, 0.15) is 47.7 Å². The van der Waals surface area contributed by atoms with E-state index in [4.69, 9.17) is 29.7 Å². The summed E-state index contributed by atoms with van der Waals surface area (Å²) in [5.74, 6) is 0.476. The molecule has 254 valence electrons. The van der Waals surface area contributed by atoms with Gasteiger partial charge in [0.15, 0.2) is 5.82 Å². The van der Waals surface area contributed by atoms with E-state index in [9.17, 15) is 13.2 Å². The third-order valence-corrected chi connectivity index (χ3v) is 8.32. The molecule has 3 aromatic heterocycles. The number of halogens is 4. The fourth-order valence-electron chi connectivity index (χ4n) is 6.01. The monoisotopic (exact) mass is 677 g/mol. The minimum absolute atomic E-state index is 0.121. The fourth-order valence-corrected chi connectivity index (χ4v) is 6.01. The third-order valence-electron chi connectivity index (χ3n) is 8.32. The molecule has 0 amide bonds. The number of benzene rings is 3. The van der Waals surface area contributed by atoms with Crippen molar-refractivity contribution in [2.45, 2.75) is 38.5 Å². The number of rotatable bonds is 10. The smallest absolute Gasteiger partial charge is 0.497 e. The van der Waals surface area contributed by atoms with Gasteiger partial charge in [0.25, 0.3) is 0 Å². The van der Waals surface area contributed by atoms with E-state index in [2.05, 4.69) is 14.8 Å². The molecule has 1 unspecified atom stereocenters. The lowest BCUT2D eigenvalue weighted by Gasteiger charge is -2.22. The molecule has 1 aliphatic heterocycles. The Balaban J connectivity index is 1.41. The van der Waals surface area contributed by atoms with E-state index in [1.54, 1.807) is 42.3 Å². The molecule has 49 heavy (non-hydrogen) atoms. The largest absolute Gasteiger partial charge is 0.522 e. The van der Waals surface area contributed by atoms with E-state index in [1.807, 2.05) is 24.3 Å². The summed E-state index contributed by atoms with van der Waals surface area (Å²) < 4.78 is 82.1. The Morgan fingerprint density at radius 2 is 1.80 bits per heavy atom. The summed E-state index contributed by atoms with van der Waals surface area (Å²) in [6, 6.07) is 15.3. The van der Waals surface area contributed by atoms with Gasteiger partial charge in [-0.1, -0.05) is 18.2 Å². The molecule has 6 aromatic rings. The summed E-state index contributed by atoms with van der Waals surface area (Å²) in [6.45, 7) is -0.446. The van der Waals surface area contributed by atoms with Gasteiger partial charge in [0.05, 0.1) is 19.2 Å². The standard InChI is InChI=1S/C35H31F4N5O5/c1-45-21-9-7-20(8-10-21)19-48-34-30(40)29(22-11-12-26(36)32-25(22)18-44(43-32)28-6-2-3-14-47-28)24-17-27(46-15-16-49-35(37,38)39)33-23(31(24)42-34)5-4-13-41-33/h4-5,7-13,17-18,28H,2-3,6,14-16,19,40H2,1H3. The zero-order chi connectivity index (χ0) is 34.1. The molecule has 10 nitrogen and oxygen atoms in total. The first-order chi connectivity index (χ1) is 23.7. The van der Waals surface area contributed by atoms with Gasteiger partial charge in [0, 0.05) is 40.7 Å². The van der Waals surface area contributed by atoms with Crippen LogP contribution >= 0.6 is 0 Å². The first kappa shape index (κ1) is 32.3. The quantitative estimate of drug-likeness (QED) is 0.0884. The molecule has 3 aromatic carbocycles. The SMILES string of the molecule is COc1ccc(COc2nc3c(cc(OCCOC(F)(F)F)c4ncccc43)c(-c3ccc(F)c4nn(C5CCCCO5)cc34)c2N)cc1. The number of nitrogens with zero attached hydrogens (tertiary/aromatic N) is 4. The molecule has 0 saturated carbocycles. The molecule has 0 bridgehead atoms. The fraction of sp³-hybridized carbons (Fsp3) is 0.286. The van der Waals surface area contributed by atoms with Gasteiger partial charge in [-0.15, -0.1) is 13.2 Å². The highest BCUT2D eigenvalue weighted by atomic mass is 19.4. The van der Waals surface area contributed by atoms with Gasteiger partial charge >= 0.3 is 6.36 Å². The lowest BCUT2D eigenvalue weighted by molar-refractivity contribution is -0.325. The summed E-state index contributed by atoms with van der Waals surface area (Å²) in [6.07, 6.45) is 0.738. The second-order valence-electron chi connectivity index (χ2n) is 11.4. The van der Waals surface area contributed by atoms with Crippen LogP contribution in [0, 0.1) is 5.82 Å². The van der Waals surface area contributed by atoms with Crippen LogP contribution in [0.2, 0.25) is 0 Å². The normalized spacial score (nSPS) is 15.2. The van der Waals surface area contributed by atoms with E-state index in [0.717, 1.165) is 24.8 Å². The number of methoxy groups -OCH3 is 1. The predicted molar refractivity (Wildman–Crippen MR) is 174 cm³/mol. The maximum absolute atomic E-state index is 15.3. The summed E-state index contributed by atoms with van der Waals surface area (Å²) in [7, 11) is 1.58. The van der Waals surface area contributed by atoms with Gasteiger partial charge in [-0.3, -0.25) is 9.72 Å². The number of hydrogen-bond acceptors (Lipinski definition) is 9. The van der Waals surface area contributed by atoms with Crippen LogP contribution in [0.15, 0.2) is 67.0 Å². The van der Waals surface area contributed by atoms with Crippen molar-refractivity contribution in [3.63, 3.8) is 0 Å². The molecule has 1 fully saturated rings. The average molecular weight is 678 g/mol. The molecule has 1 saturated heterocycles. The van der Waals surface area contributed by atoms with Crippen molar-refractivity contribution >= 4 is 38.4 Å². The van der Waals surface area contributed by atoms with Crippen molar-refractivity contribution in [1.29, 1.82) is 0 Å². The number of hydrogen-bond donors (Lipinski definition) is 1. The van der Waals surface area contributed by atoms with Crippen LogP contribution in [0.1, 0.15) is 31.1 Å². The van der Waals surface area contributed by atoms with E-state index in [-0.39, 0.29) is 35.7 Å². The molecule has 0 radical (unpaired) electrons. The molecule has 2 N–H and O–H groups in total. The maximum Gasteiger partial charge on any atom is 0.522 e. The second-order valence-corrected chi connectivity index (χ2v) is 11.4. The van der Waals surface area contributed by atoms with Gasteiger partial charge in [0.2, 0.25) is 5.88 Å². The Bertz CT molecular complexity index is 2130. The first-order valence-corrected chi connectivity index (χ1v) is 15.6. The Labute approximate surface area is 277 Å². The molecule has 7 rings (SSSR count). The van der Waals surface area contributed by atoms with Crippen LogP contribution in [0.5, 0.6) is 17.4 Å². The van der Waals surface area contributed by atoms with Crippen molar-refractivity contribution in [1.82, 2.24) is 19.7 Å². The predicted octanol–water partition coefficient (Wildman–Crippen LogP) is 7.72. The lowest BCUT2D eigenvalue weighted by atomic mass is 9.95. The van der Waals surface area contributed by atoms with Crippen molar-refractivity contribution in [2.24, 2.45) is 0 Å². The molecule has 0 aliphatic carbocycles. The van der Waals surface area contributed by atoms with Crippen LogP contribution in [0.25, 0.3) is 43.8 Å². The summed E-state index contributed by atoms with van der Waals surface area (Å²) in [4.78, 5) is 9.28. The Morgan fingerprint density at radius 1 is 0.959 bits per heavy atom. The molecule has 1 atom stereocenters. The zero-order valence-corrected chi connectivity index (χ0v) is 26.3. The van der Waals surface area contributed by atoms with Gasteiger partial charge < -0.3 is 24.7 Å². The topological polar surface area (TPSA) is 116 Å². The lowest BCUT2D eigenvalue weighted by Crippen LogP contribution is -2.18. The number of anilines is 1. The minimum atomic E-state index is -4.80. The molecule has 1 aliphatic rings. The number of pyridine rings is 2. The number of alkyl halides is 3. The highest BCUT2D eigenvalue weighted by molar-refractivity contribution is 6.16. The third kappa shape index (κ3) is 6.61. The number of aromatic nitrogens is 4. The van der Waals surface area contributed by atoms with E-state index < -0.39 is 25.4 Å². The first-order valence-electron chi connectivity index (χ1n) is 15.6.